The molecule has 3 aromatic rings. The molecule has 1 saturated heterocycles. The molecule has 0 atom stereocenters. The highest BCUT2D eigenvalue weighted by Crippen LogP contribution is 2.34. The van der Waals surface area contributed by atoms with Gasteiger partial charge in [0.1, 0.15) is 5.75 Å². The lowest BCUT2D eigenvalue weighted by atomic mass is 9.89. The van der Waals surface area contributed by atoms with E-state index in [1.165, 1.54) is 16.5 Å². The number of hydrogen-bond donors (Lipinski definition) is 2. The van der Waals surface area contributed by atoms with Crippen molar-refractivity contribution in [3.05, 3.63) is 59.8 Å². The van der Waals surface area contributed by atoms with Gasteiger partial charge in [0.05, 0.1) is 13.7 Å². The van der Waals surface area contributed by atoms with E-state index in [2.05, 4.69) is 52.6 Å². The Morgan fingerprint density at radius 3 is 2.62 bits per heavy atom. The molecule has 1 aromatic heterocycles. The molecule has 2 aromatic carbocycles. The van der Waals surface area contributed by atoms with Crippen LogP contribution >= 0.6 is 0 Å². The maximum absolute atomic E-state index is 12.4. The number of aryl methyl sites for hydroxylation is 1. The van der Waals surface area contributed by atoms with Gasteiger partial charge in [0.25, 0.3) is 0 Å². The number of nitrogens with one attached hydrogen (secondary N) is 2. The third-order valence-electron chi connectivity index (χ3n) is 5.96. The Bertz CT molecular complexity index is 969. The summed E-state index contributed by atoms with van der Waals surface area (Å²) in [5.41, 5.74) is 4.66. The van der Waals surface area contributed by atoms with Crippen LogP contribution in [0.4, 0.5) is 5.69 Å². The molecule has 0 bridgehead atoms. The zero-order valence-electron chi connectivity index (χ0n) is 17.2. The molecule has 2 heterocycles. The molecule has 1 aliphatic heterocycles. The zero-order valence-corrected chi connectivity index (χ0v) is 17.2. The number of nitrogens with zero attached hydrogens (tertiary/aromatic N) is 1. The minimum absolute atomic E-state index is 0.0597. The fourth-order valence-corrected chi connectivity index (χ4v) is 4.22. The first-order chi connectivity index (χ1) is 14.2. The number of likely N-dealkylation sites (tertiary alicyclic amines) is 1. The summed E-state index contributed by atoms with van der Waals surface area (Å²) in [6, 6.07) is 14.3. The van der Waals surface area contributed by atoms with Crippen molar-refractivity contribution in [2.75, 3.05) is 32.1 Å². The van der Waals surface area contributed by atoms with E-state index >= 15 is 0 Å². The lowest BCUT2D eigenvalue weighted by Gasteiger charge is -2.31. The van der Waals surface area contributed by atoms with Crippen molar-refractivity contribution in [1.29, 1.82) is 0 Å². The number of methoxy groups -OCH3 is 1. The lowest BCUT2D eigenvalue weighted by Crippen LogP contribution is -2.38. The minimum Gasteiger partial charge on any atom is -0.497 e. The van der Waals surface area contributed by atoms with Crippen molar-refractivity contribution < 1.29 is 9.53 Å². The number of fused-ring (bicyclic) bond motifs is 1. The van der Waals surface area contributed by atoms with Gasteiger partial charge in [-0.2, -0.15) is 0 Å². The van der Waals surface area contributed by atoms with Crippen LogP contribution in [-0.4, -0.2) is 42.5 Å². The number of aromatic amines is 1. The van der Waals surface area contributed by atoms with Crippen molar-refractivity contribution >= 4 is 22.5 Å². The van der Waals surface area contributed by atoms with Crippen LogP contribution in [0.1, 0.15) is 36.8 Å². The molecule has 2 N–H and O–H groups in total. The summed E-state index contributed by atoms with van der Waals surface area (Å²) in [4.78, 5) is 18.1. The topological polar surface area (TPSA) is 57.4 Å². The summed E-state index contributed by atoms with van der Waals surface area (Å²) in [7, 11) is 1.70. The largest absolute Gasteiger partial charge is 0.497 e. The molecule has 1 amide bonds. The summed E-state index contributed by atoms with van der Waals surface area (Å²) < 4.78 is 5.39. The molecule has 5 nitrogen and oxygen atoms in total. The van der Waals surface area contributed by atoms with E-state index in [1.54, 1.807) is 7.11 Å². The monoisotopic (exact) mass is 391 g/mol. The maximum Gasteiger partial charge on any atom is 0.238 e. The van der Waals surface area contributed by atoms with Gasteiger partial charge in [0.2, 0.25) is 5.91 Å². The number of carbonyl (C=O) groups is 1. The van der Waals surface area contributed by atoms with E-state index in [0.29, 0.717) is 12.5 Å². The maximum atomic E-state index is 12.4. The number of amides is 1. The Morgan fingerprint density at radius 1 is 1.17 bits per heavy atom. The predicted molar refractivity (Wildman–Crippen MR) is 118 cm³/mol. The van der Waals surface area contributed by atoms with E-state index in [1.807, 2.05) is 18.2 Å². The van der Waals surface area contributed by atoms with Crippen LogP contribution in [0.5, 0.6) is 5.75 Å². The second-order valence-corrected chi connectivity index (χ2v) is 7.80. The number of hydrogen-bond acceptors (Lipinski definition) is 3. The molecule has 1 aliphatic rings. The predicted octanol–water partition coefficient (Wildman–Crippen LogP) is 4.56. The van der Waals surface area contributed by atoms with Crippen molar-refractivity contribution in [3.8, 4) is 5.75 Å². The molecule has 1 fully saturated rings. The summed E-state index contributed by atoms with van der Waals surface area (Å²) in [5.74, 6) is 1.46. The van der Waals surface area contributed by atoms with Crippen LogP contribution in [0.2, 0.25) is 0 Å². The van der Waals surface area contributed by atoms with Gasteiger partial charge >= 0.3 is 0 Å². The van der Waals surface area contributed by atoms with Crippen LogP contribution in [-0.2, 0) is 11.2 Å². The lowest BCUT2D eigenvalue weighted by molar-refractivity contribution is -0.117. The quantitative estimate of drug-likeness (QED) is 0.648. The van der Waals surface area contributed by atoms with Crippen molar-refractivity contribution in [3.63, 3.8) is 0 Å². The van der Waals surface area contributed by atoms with E-state index < -0.39 is 0 Å². The Morgan fingerprint density at radius 2 is 1.93 bits per heavy atom. The van der Waals surface area contributed by atoms with Gasteiger partial charge in [0.15, 0.2) is 0 Å². The molecule has 0 radical (unpaired) electrons. The number of anilines is 1. The van der Waals surface area contributed by atoms with Gasteiger partial charge in [-0.25, -0.2) is 0 Å². The highest BCUT2D eigenvalue weighted by molar-refractivity contribution is 5.92. The number of ether oxygens (including phenoxy) is 1. The molecule has 0 saturated carbocycles. The van der Waals surface area contributed by atoms with E-state index in [9.17, 15) is 4.79 Å². The Labute approximate surface area is 172 Å². The average Bonchev–Trinajstić information content (AvgIpc) is 3.18. The molecule has 5 heteroatoms. The highest BCUT2D eigenvalue weighted by Gasteiger charge is 2.24. The highest BCUT2D eigenvalue weighted by atomic mass is 16.5. The van der Waals surface area contributed by atoms with Gasteiger partial charge in [0, 0.05) is 22.8 Å². The molecule has 152 valence electrons. The SMILES string of the molecule is CCc1ccc(NC(=O)CN2CCC(c3c[nH]c4ccc(OC)cc34)CC2)cc1. The normalized spacial score (nSPS) is 15.5. The third-order valence-corrected chi connectivity index (χ3v) is 5.96. The smallest absolute Gasteiger partial charge is 0.238 e. The third kappa shape index (κ3) is 4.46. The molecule has 0 unspecified atom stereocenters. The average molecular weight is 392 g/mol. The number of H-pyrrole nitrogens is 1. The Balaban J connectivity index is 1.33. The van der Waals surface area contributed by atoms with Crippen LogP contribution in [0.25, 0.3) is 10.9 Å². The van der Waals surface area contributed by atoms with Crippen LogP contribution in [0.15, 0.2) is 48.7 Å². The first kappa shape index (κ1) is 19.5. The summed E-state index contributed by atoms with van der Waals surface area (Å²) >= 11 is 0. The molecule has 0 spiro atoms. The van der Waals surface area contributed by atoms with Crippen molar-refractivity contribution in [2.24, 2.45) is 0 Å². The standard InChI is InChI=1S/C24H29N3O2/c1-3-17-4-6-19(7-5-17)26-24(28)16-27-12-10-18(11-13-27)22-15-25-23-9-8-20(29-2)14-21(22)23/h4-9,14-15,18,25H,3,10-13,16H2,1-2H3,(H,26,28). The van der Waals surface area contributed by atoms with E-state index in [0.717, 1.165) is 49.3 Å². The number of benzene rings is 2. The van der Waals surface area contributed by atoms with Crippen LogP contribution in [0.3, 0.4) is 0 Å². The van der Waals surface area contributed by atoms with Gasteiger partial charge in [-0.3, -0.25) is 9.69 Å². The zero-order chi connectivity index (χ0) is 20.2. The Hall–Kier alpha value is -2.79. The molecule has 29 heavy (non-hydrogen) atoms. The Kier molecular flexibility index (Phi) is 5.86. The summed E-state index contributed by atoms with van der Waals surface area (Å²) in [6.07, 6.45) is 5.26. The second kappa shape index (κ2) is 8.70. The molecular formula is C24H29N3O2. The van der Waals surface area contributed by atoms with Gasteiger partial charge in [-0.1, -0.05) is 19.1 Å². The summed E-state index contributed by atoms with van der Waals surface area (Å²) in [5, 5.41) is 4.26. The van der Waals surface area contributed by atoms with E-state index in [-0.39, 0.29) is 5.91 Å². The van der Waals surface area contributed by atoms with Gasteiger partial charge < -0.3 is 15.0 Å². The second-order valence-electron chi connectivity index (χ2n) is 7.80. The molecule has 4 rings (SSSR count). The van der Waals surface area contributed by atoms with Crippen LogP contribution in [0, 0.1) is 0 Å². The number of rotatable bonds is 6. The fraction of sp³-hybridized carbons (Fsp3) is 0.375. The first-order valence-electron chi connectivity index (χ1n) is 10.4. The van der Waals surface area contributed by atoms with Crippen molar-refractivity contribution in [2.45, 2.75) is 32.1 Å². The van der Waals surface area contributed by atoms with Gasteiger partial charge in [-0.15, -0.1) is 0 Å². The van der Waals surface area contributed by atoms with Crippen LogP contribution < -0.4 is 10.1 Å². The van der Waals surface area contributed by atoms with Gasteiger partial charge in [-0.05, 0) is 79.7 Å². The van der Waals surface area contributed by atoms with Crippen molar-refractivity contribution in [1.82, 2.24) is 9.88 Å². The fourth-order valence-electron chi connectivity index (χ4n) is 4.22. The van der Waals surface area contributed by atoms with E-state index in [4.69, 9.17) is 4.74 Å². The number of aromatic nitrogens is 1. The minimum atomic E-state index is 0.0597. The first-order valence-corrected chi connectivity index (χ1v) is 10.4. The summed E-state index contributed by atoms with van der Waals surface area (Å²) in [6.45, 7) is 4.45. The number of carbonyl (C=O) groups excluding carboxylic acids is 1. The molecule has 0 aliphatic carbocycles. The molecular weight excluding hydrogens is 362 g/mol. The number of piperidine rings is 1.